The molecule has 1 fully saturated rings. The van der Waals surface area contributed by atoms with Crippen molar-refractivity contribution in [3.05, 3.63) is 41.5 Å². The number of aliphatic hydroxyl groups is 1. The predicted octanol–water partition coefficient (Wildman–Crippen LogP) is 1.55. The highest BCUT2D eigenvalue weighted by molar-refractivity contribution is 5.91. The SMILES string of the molecule is N#Cc1ccc(/C=C/C(=O)N2CCC[C@@H](O)C2)cc1. The minimum absolute atomic E-state index is 0.0805. The first-order valence-corrected chi connectivity index (χ1v) is 6.34. The van der Waals surface area contributed by atoms with Crippen molar-refractivity contribution >= 4 is 12.0 Å². The van der Waals surface area contributed by atoms with Crippen LogP contribution in [0.2, 0.25) is 0 Å². The molecule has 0 radical (unpaired) electrons. The minimum Gasteiger partial charge on any atom is -0.391 e. The number of hydrogen-bond acceptors (Lipinski definition) is 3. The van der Waals surface area contributed by atoms with E-state index in [2.05, 4.69) is 0 Å². The number of nitrogens with zero attached hydrogens (tertiary/aromatic N) is 2. The van der Waals surface area contributed by atoms with Gasteiger partial charge in [-0.1, -0.05) is 12.1 Å². The number of β-amino-alcohol motifs (C(OH)–C–C–N with tert-alkyl or cyclic N) is 1. The molecule has 1 N–H and O–H groups in total. The molecule has 0 aromatic heterocycles. The Morgan fingerprint density at radius 1 is 1.42 bits per heavy atom. The van der Waals surface area contributed by atoms with Crippen LogP contribution in [0.3, 0.4) is 0 Å². The predicted molar refractivity (Wildman–Crippen MR) is 72.0 cm³/mol. The molecule has 4 nitrogen and oxygen atoms in total. The van der Waals surface area contributed by atoms with Gasteiger partial charge in [0.05, 0.1) is 17.7 Å². The molecular weight excluding hydrogens is 240 g/mol. The molecule has 0 spiro atoms. The van der Waals surface area contributed by atoms with E-state index in [1.165, 1.54) is 6.08 Å². The fraction of sp³-hybridized carbons (Fsp3) is 0.333. The quantitative estimate of drug-likeness (QED) is 0.817. The number of benzene rings is 1. The molecule has 19 heavy (non-hydrogen) atoms. The number of carbonyl (C=O) groups excluding carboxylic acids is 1. The molecule has 98 valence electrons. The number of likely N-dealkylation sites (tertiary alicyclic amines) is 1. The number of aliphatic hydroxyl groups excluding tert-OH is 1. The third-order valence-corrected chi connectivity index (χ3v) is 3.17. The van der Waals surface area contributed by atoms with Gasteiger partial charge in [0, 0.05) is 19.2 Å². The number of piperidine rings is 1. The van der Waals surface area contributed by atoms with Crippen LogP contribution in [0.25, 0.3) is 6.08 Å². The molecule has 1 aromatic carbocycles. The first-order chi connectivity index (χ1) is 9.19. The van der Waals surface area contributed by atoms with Crippen molar-refractivity contribution in [3.63, 3.8) is 0 Å². The second-order valence-corrected chi connectivity index (χ2v) is 4.65. The van der Waals surface area contributed by atoms with Gasteiger partial charge in [0.1, 0.15) is 0 Å². The van der Waals surface area contributed by atoms with E-state index >= 15 is 0 Å². The normalized spacial score (nSPS) is 19.4. The van der Waals surface area contributed by atoms with Crippen LogP contribution in [0.1, 0.15) is 24.0 Å². The highest BCUT2D eigenvalue weighted by Gasteiger charge is 2.20. The van der Waals surface area contributed by atoms with Gasteiger partial charge in [-0.15, -0.1) is 0 Å². The van der Waals surface area contributed by atoms with E-state index in [-0.39, 0.29) is 5.91 Å². The van der Waals surface area contributed by atoms with E-state index < -0.39 is 6.10 Å². The van der Waals surface area contributed by atoms with Gasteiger partial charge in [0.2, 0.25) is 5.91 Å². The van der Waals surface area contributed by atoms with Crippen molar-refractivity contribution in [1.29, 1.82) is 5.26 Å². The van der Waals surface area contributed by atoms with E-state index in [9.17, 15) is 9.90 Å². The summed E-state index contributed by atoms with van der Waals surface area (Å²) in [7, 11) is 0. The van der Waals surface area contributed by atoms with Crippen molar-refractivity contribution in [2.24, 2.45) is 0 Å². The fourth-order valence-corrected chi connectivity index (χ4v) is 2.10. The lowest BCUT2D eigenvalue weighted by Crippen LogP contribution is -2.41. The van der Waals surface area contributed by atoms with Crippen LogP contribution >= 0.6 is 0 Å². The fourth-order valence-electron chi connectivity index (χ4n) is 2.10. The molecule has 4 heteroatoms. The third kappa shape index (κ3) is 3.67. The Labute approximate surface area is 112 Å². The minimum atomic E-state index is -0.402. The second kappa shape index (κ2) is 6.17. The van der Waals surface area contributed by atoms with Crippen molar-refractivity contribution in [3.8, 4) is 6.07 Å². The van der Waals surface area contributed by atoms with Crippen LogP contribution in [0.15, 0.2) is 30.3 Å². The molecule has 1 saturated heterocycles. The summed E-state index contributed by atoms with van der Waals surface area (Å²) in [6.07, 6.45) is 4.45. The average Bonchev–Trinajstić information content (AvgIpc) is 2.45. The Morgan fingerprint density at radius 3 is 2.79 bits per heavy atom. The first kappa shape index (κ1) is 13.3. The van der Waals surface area contributed by atoms with Gasteiger partial charge in [-0.05, 0) is 36.6 Å². The molecule has 1 aromatic rings. The van der Waals surface area contributed by atoms with Gasteiger partial charge >= 0.3 is 0 Å². The molecule has 1 aliphatic heterocycles. The lowest BCUT2D eigenvalue weighted by atomic mass is 10.1. The van der Waals surface area contributed by atoms with Crippen molar-refractivity contribution in [2.45, 2.75) is 18.9 Å². The molecule has 1 aliphatic rings. The molecule has 0 unspecified atom stereocenters. The summed E-state index contributed by atoms with van der Waals surface area (Å²) in [5.41, 5.74) is 1.48. The summed E-state index contributed by atoms with van der Waals surface area (Å²) in [5, 5.41) is 18.2. The molecule has 2 rings (SSSR count). The maximum absolute atomic E-state index is 11.9. The molecule has 0 bridgehead atoms. The number of nitriles is 1. The van der Waals surface area contributed by atoms with Crippen molar-refractivity contribution < 1.29 is 9.90 Å². The molecule has 0 saturated carbocycles. The Morgan fingerprint density at radius 2 is 2.16 bits per heavy atom. The van der Waals surface area contributed by atoms with Gasteiger partial charge in [-0.2, -0.15) is 5.26 Å². The molecule has 1 heterocycles. The third-order valence-electron chi connectivity index (χ3n) is 3.17. The second-order valence-electron chi connectivity index (χ2n) is 4.65. The lowest BCUT2D eigenvalue weighted by molar-refractivity contribution is -0.128. The number of rotatable bonds is 2. The smallest absolute Gasteiger partial charge is 0.246 e. The van der Waals surface area contributed by atoms with Gasteiger partial charge < -0.3 is 10.0 Å². The lowest BCUT2D eigenvalue weighted by Gasteiger charge is -2.29. The maximum atomic E-state index is 11.9. The zero-order valence-corrected chi connectivity index (χ0v) is 10.6. The zero-order chi connectivity index (χ0) is 13.7. The Bertz CT molecular complexity index is 514. The molecule has 1 atom stereocenters. The summed E-state index contributed by atoms with van der Waals surface area (Å²) >= 11 is 0. The Hall–Kier alpha value is -2.12. The van der Waals surface area contributed by atoms with Gasteiger partial charge in [0.15, 0.2) is 0 Å². The summed E-state index contributed by atoms with van der Waals surface area (Å²) in [4.78, 5) is 13.6. The van der Waals surface area contributed by atoms with Crippen molar-refractivity contribution in [1.82, 2.24) is 4.90 Å². The first-order valence-electron chi connectivity index (χ1n) is 6.34. The van der Waals surface area contributed by atoms with Crippen LogP contribution in [0.5, 0.6) is 0 Å². The molecular formula is C15H16N2O2. The maximum Gasteiger partial charge on any atom is 0.246 e. The van der Waals surface area contributed by atoms with E-state index in [0.29, 0.717) is 18.7 Å². The Balaban J connectivity index is 1.97. The Kier molecular flexibility index (Phi) is 4.32. The largest absolute Gasteiger partial charge is 0.391 e. The average molecular weight is 256 g/mol. The summed E-state index contributed by atoms with van der Waals surface area (Å²) in [5.74, 6) is -0.0805. The van der Waals surface area contributed by atoms with Gasteiger partial charge in [0.25, 0.3) is 0 Å². The molecule has 1 amide bonds. The summed E-state index contributed by atoms with van der Waals surface area (Å²) in [6.45, 7) is 1.12. The van der Waals surface area contributed by atoms with Gasteiger partial charge in [-0.3, -0.25) is 4.79 Å². The summed E-state index contributed by atoms with van der Waals surface area (Å²) < 4.78 is 0. The van der Waals surface area contributed by atoms with Crippen LogP contribution < -0.4 is 0 Å². The molecule has 0 aliphatic carbocycles. The van der Waals surface area contributed by atoms with Crippen LogP contribution in [0.4, 0.5) is 0 Å². The topological polar surface area (TPSA) is 64.3 Å². The highest BCUT2D eigenvalue weighted by Crippen LogP contribution is 2.11. The van der Waals surface area contributed by atoms with Crippen LogP contribution in [-0.2, 0) is 4.79 Å². The monoisotopic (exact) mass is 256 g/mol. The zero-order valence-electron chi connectivity index (χ0n) is 10.6. The van der Waals surface area contributed by atoms with Gasteiger partial charge in [-0.25, -0.2) is 0 Å². The van der Waals surface area contributed by atoms with E-state index in [0.717, 1.165) is 18.4 Å². The van der Waals surface area contributed by atoms with Crippen molar-refractivity contribution in [2.75, 3.05) is 13.1 Å². The standard InChI is InChI=1S/C15H16N2O2/c16-10-13-5-3-12(4-6-13)7-8-15(19)17-9-1-2-14(18)11-17/h3-8,14,18H,1-2,9,11H2/b8-7+/t14-/m1/s1. The van der Waals surface area contributed by atoms with Crippen LogP contribution in [-0.4, -0.2) is 35.1 Å². The number of amides is 1. The van der Waals surface area contributed by atoms with Crippen LogP contribution in [0, 0.1) is 11.3 Å². The summed E-state index contributed by atoms with van der Waals surface area (Å²) in [6, 6.07) is 9.08. The van der Waals surface area contributed by atoms with E-state index in [1.807, 2.05) is 6.07 Å². The highest BCUT2D eigenvalue weighted by atomic mass is 16.3. The van der Waals surface area contributed by atoms with E-state index in [4.69, 9.17) is 5.26 Å². The van der Waals surface area contributed by atoms with E-state index in [1.54, 1.807) is 35.2 Å². The number of hydrogen-bond donors (Lipinski definition) is 1. The number of carbonyl (C=O) groups is 1.